The maximum Gasteiger partial charge on any atom is 0.162 e. The van der Waals surface area contributed by atoms with Crippen molar-refractivity contribution in [2.45, 2.75) is 60.5 Å². The number of carbonyl (C=O) groups is 1. The number of Topliss-reactive ketones (excluding diaryl/α,β-unsaturated/α-hetero) is 1. The Morgan fingerprint density at radius 3 is 2.13 bits per heavy atom. The lowest BCUT2D eigenvalue weighted by molar-refractivity contribution is -0.138. The van der Waals surface area contributed by atoms with E-state index in [1.165, 1.54) is 0 Å². The molecule has 0 aromatic rings. The summed E-state index contributed by atoms with van der Waals surface area (Å²) in [7, 11) is 0. The van der Waals surface area contributed by atoms with Gasteiger partial charge in [-0.1, -0.05) is 41.0 Å². The summed E-state index contributed by atoms with van der Waals surface area (Å²) < 4.78 is 5.56. The second-order valence-electron chi connectivity index (χ2n) is 5.39. The van der Waals surface area contributed by atoms with Crippen molar-refractivity contribution >= 4 is 5.78 Å². The molecule has 0 heterocycles. The molecule has 0 radical (unpaired) electrons. The smallest absolute Gasteiger partial charge is 0.162 e. The normalized spacial score (nSPS) is 16.1. The fraction of sp³-hybridized carbons (Fsp3) is 0.923. The minimum Gasteiger partial charge on any atom is -0.370 e. The Hall–Kier alpha value is -0.370. The monoisotopic (exact) mass is 214 g/mol. The van der Waals surface area contributed by atoms with E-state index in [1.807, 2.05) is 6.92 Å². The molecule has 0 fully saturated rings. The van der Waals surface area contributed by atoms with Crippen molar-refractivity contribution in [3.63, 3.8) is 0 Å². The predicted octanol–water partition coefficient (Wildman–Crippen LogP) is 3.44. The van der Waals surface area contributed by atoms with E-state index < -0.39 is 0 Å². The maximum absolute atomic E-state index is 12.0. The third kappa shape index (κ3) is 5.31. The van der Waals surface area contributed by atoms with Crippen LogP contribution in [0.5, 0.6) is 0 Å². The van der Waals surface area contributed by atoms with Crippen LogP contribution >= 0.6 is 0 Å². The zero-order valence-electron chi connectivity index (χ0n) is 11.1. The van der Waals surface area contributed by atoms with Crippen molar-refractivity contribution in [2.24, 2.45) is 11.3 Å². The Bertz CT molecular complexity index is 191. The number of carbonyl (C=O) groups excluding carboxylic acids is 1. The van der Waals surface area contributed by atoms with Crippen LogP contribution in [0.1, 0.15) is 54.4 Å². The van der Waals surface area contributed by atoms with Gasteiger partial charge in [-0.2, -0.15) is 0 Å². The van der Waals surface area contributed by atoms with Gasteiger partial charge in [-0.15, -0.1) is 0 Å². The van der Waals surface area contributed by atoms with Gasteiger partial charge in [0.2, 0.25) is 0 Å². The Labute approximate surface area is 94.4 Å². The summed E-state index contributed by atoms with van der Waals surface area (Å²) >= 11 is 0. The summed E-state index contributed by atoms with van der Waals surface area (Å²) in [6.07, 6.45) is 1.43. The molecule has 0 spiro atoms. The third-order valence-electron chi connectivity index (χ3n) is 2.66. The summed E-state index contributed by atoms with van der Waals surface area (Å²) in [6, 6.07) is 0. The highest BCUT2D eigenvalue weighted by Crippen LogP contribution is 2.25. The van der Waals surface area contributed by atoms with E-state index in [1.54, 1.807) is 0 Å². The molecule has 0 aliphatic heterocycles. The Balaban J connectivity index is 4.43. The lowest BCUT2D eigenvalue weighted by Gasteiger charge is -2.29. The molecular weight excluding hydrogens is 188 g/mol. The molecule has 0 aliphatic carbocycles. The van der Waals surface area contributed by atoms with Gasteiger partial charge in [0.25, 0.3) is 0 Å². The fourth-order valence-corrected chi connectivity index (χ4v) is 1.59. The maximum atomic E-state index is 12.0. The first-order valence-electron chi connectivity index (χ1n) is 5.97. The van der Waals surface area contributed by atoms with Crippen LogP contribution in [0.4, 0.5) is 0 Å². The first-order chi connectivity index (χ1) is 6.82. The molecule has 2 nitrogen and oxygen atoms in total. The molecule has 0 saturated heterocycles. The van der Waals surface area contributed by atoms with Crippen molar-refractivity contribution in [1.29, 1.82) is 0 Å². The van der Waals surface area contributed by atoms with E-state index in [4.69, 9.17) is 4.74 Å². The van der Waals surface area contributed by atoms with Gasteiger partial charge in [0.1, 0.15) is 6.10 Å². The lowest BCUT2D eigenvalue weighted by Crippen LogP contribution is -2.37. The van der Waals surface area contributed by atoms with Gasteiger partial charge in [-0.25, -0.2) is 0 Å². The van der Waals surface area contributed by atoms with Gasteiger partial charge in [0.05, 0.1) is 0 Å². The first kappa shape index (κ1) is 14.6. The standard InChI is InChI=1S/C13H26O2/c1-7-10(3)9-11(14)12(15-8-2)13(4,5)6/h10,12H,7-9H2,1-6H3. The summed E-state index contributed by atoms with van der Waals surface area (Å²) in [4.78, 5) is 12.0. The van der Waals surface area contributed by atoms with Crippen LogP contribution < -0.4 is 0 Å². The average Bonchev–Trinajstić information content (AvgIpc) is 2.11. The highest BCUT2D eigenvalue weighted by molar-refractivity contribution is 5.84. The number of ether oxygens (including phenoxy) is 1. The summed E-state index contributed by atoms with van der Waals surface area (Å²) in [6.45, 7) is 12.9. The van der Waals surface area contributed by atoms with Crippen LogP contribution in [0, 0.1) is 11.3 Å². The van der Waals surface area contributed by atoms with Crippen LogP contribution in [0.25, 0.3) is 0 Å². The van der Waals surface area contributed by atoms with E-state index in [0.29, 0.717) is 18.9 Å². The Kier molecular flexibility index (Phi) is 6.11. The van der Waals surface area contributed by atoms with Crippen LogP contribution in [-0.2, 0) is 9.53 Å². The fourth-order valence-electron chi connectivity index (χ4n) is 1.59. The largest absolute Gasteiger partial charge is 0.370 e. The molecule has 0 saturated carbocycles. The quantitative estimate of drug-likeness (QED) is 0.677. The predicted molar refractivity (Wildman–Crippen MR) is 63.9 cm³/mol. The molecule has 2 unspecified atom stereocenters. The van der Waals surface area contributed by atoms with Gasteiger partial charge in [0.15, 0.2) is 5.78 Å². The van der Waals surface area contributed by atoms with Crippen molar-refractivity contribution < 1.29 is 9.53 Å². The van der Waals surface area contributed by atoms with E-state index >= 15 is 0 Å². The second kappa shape index (κ2) is 6.26. The number of hydrogen-bond donors (Lipinski definition) is 0. The number of hydrogen-bond acceptors (Lipinski definition) is 2. The third-order valence-corrected chi connectivity index (χ3v) is 2.66. The van der Waals surface area contributed by atoms with E-state index in [2.05, 4.69) is 34.6 Å². The molecule has 0 aromatic heterocycles. The highest BCUT2D eigenvalue weighted by Gasteiger charge is 2.31. The van der Waals surface area contributed by atoms with E-state index in [-0.39, 0.29) is 17.3 Å². The van der Waals surface area contributed by atoms with Gasteiger partial charge >= 0.3 is 0 Å². The molecule has 2 atom stereocenters. The lowest BCUT2D eigenvalue weighted by atomic mass is 9.83. The average molecular weight is 214 g/mol. The SMILES string of the molecule is CCOC(C(=O)CC(C)CC)C(C)(C)C. The molecular formula is C13H26O2. The zero-order chi connectivity index (χ0) is 12.1. The second-order valence-corrected chi connectivity index (χ2v) is 5.39. The molecule has 0 aliphatic rings. The highest BCUT2D eigenvalue weighted by atomic mass is 16.5. The minimum atomic E-state index is -0.253. The van der Waals surface area contributed by atoms with Crippen LogP contribution in [0.2, 0.25) is 0 Å². The van der Waals surface area contributed by atoms with Gasteiger partial charge in [0, 0.05) is 13.0 Å². The number of rotatable bonds is 6. The van der Waals surface area contributed by atoms with Crippen LogP contribution in [0.15, 0.2) is 0 Å². The Morgan fingerprint density at radius 1 is 1.27 bits per heavy atom. The summed E-state index contributed by atoms with van der Waals surface area (Å²) in [5.41, 5.74) is -0.0967. The molecule has 2 heteroatoms. The van der Waals surface area contributed by atoms with Crippen molar-refractivity contribution in [1.82, 2.24) is 0 Å². The van der Waals surface area contributed by atoms with E-state index in [9.17, 15) is 4.79 Å². The van der Waals surface area contributed by atoms with Gasteiger partial charge < -0.3 is 4.74 Å². The van der Waals surface area contributed by atoms with Gasteiger partial charge in [-0.05, 0) is 18.3 Å². The summed E-state index contributed by atoms with van der Waals surface area (Å²) in [5.74, 6) is 0.710. The molecule has 90 valence electrons. The van der Waals surface area contributed by atoms with Crippen molar-refractivity contribution in [3.05, 3.63) is 0 Å². The topological polar surface area (TPSA) is 26.3 Å². The zero-order valence-corrected chi connectivity index (χ0v) is 11.1. The molecule has 0 bridgehead atoms. The molecule has 0 N–H and O–H groups in total. The molecule has 0 rings (SSSR count). The molecule has 0 amide bonds. The molecule has 0 aromatic carbocycles. The molecule has 15 heavy (non-hydrogen) atoms. The van der Waals surface area contributed by atoms with Crippen LogP contribution in [-0.4, -0.2) is 18.5 Å². The first-order valence-corrected chi connectivity index (χ1v) is 5.97. The minimum absolute atomic E-state index is 0.0967. The van der Waals surface area contributed by atoms with E-state index in [0.717, 1.165) is 6.42 Å². The van der Waals surface area contributed by atoms with Crippen molar-refractivity contribution in [2.75, 3.05) is 6.61 Å². The van der Waals surface area contributed by atoms with Crippen LogP contribution in [0.3, 0.4) is 0 Å². The summed E-state index contributed by atoms with van der Waals surface area (Å²) in [5, 5.41) is 0. The van der Waals surface area contributed by atoms with Crippen molar-refractivity contribution in [3.8, 4) is 0 Å². The Morgan fingerprint density at radius 2 is 1.80 bits per heavy atom. The van der Waals surface area contributed by atoms with Gasteiger partial charge in [-0.3, -0.25) is 4.79 Å². The number of ketones is 1.